The van der Waals surface area contributed by atoms with Crippen LogP contribution in [0.15, 0.2) is 30.4 Å². The minimum absolute atomic E-state index is 0.211. The topological polar surface area (TPSA) is 93.7 Å². The van der Waals surface area contributed by atoms with Gasteiger partial charge in [-0.15, -0.1) is 0 Å². The second-order valence-corrected chi connectivity index (χ2v) is 4.76. The molecule has 0 aromatic heterocycles. The van der Waals surface area contributed by atoms with Gasteiger partial charge in [-0.2, -0.15) is 0 Å². The molecule has 7 nitrogen and oxygen atoms in total. The maximum atomic E-state index is 11.5. The summed E-state index contributed by atoms with van der Waals surface area (Å²) >= 11 is 5.81. The number of carbonyl (C=O) groups is 3. The summed E-state index contributed by atoms with van der Waals surface area (Å²) in [6, 6.07) is 4.99. The summed E-state index contributed by atoms with van der Waals surface area (Å²) in [4.78, 5) is 33.9. The highest BCUT2D eigenvalue weighted by atomic mass is 35.5. The van der Waals surface area contributed by atoms with E-state index in [2.05, 4.69) is 15.6 Å². The number of carbonyl (C=O) groups excluding carboxylic acids is 3. The van der Waals surface area contributed by atoms with E-state index in [1.54, 1.807) is 32.0 Å². The molecule has 1 aromatic carbocycles. The van der Waals surface area contributed by atoms with Crippen molar-refractivity contribution in [2.24, 2.45) is 0 Å². The van der Waals surface area contributed by atoms with Crippen LogP contribution in [-0.4, -0.2) is 31.0 Å². The van der Waals surface area contributed by atoms with E-state index in [-0.39, 0.29) is 13.2 Å². The summed E-state index contributed by atoms with van der Waals surface area (Å²) in [5, 5.41) is 0.569. The van der Waals surface area contributed by atoms with E-state index in [1.165, 1.54) is 0 Å². The largest absolute Gasteiger partial charge is 0.483 e. The Morgan fingerprint density at radius 2 is 1.96 bits per heavy atom. The van der Waals surface area contributed by atoms with Gasteiger partial charge in [-0.3, -0.25) is 20.4 Å². The number of amides is 2. The molecule has 0 radical (unpaired) electrons. The zero-order valence-corrected chi connectivity index (χ0v) is 13.5. The molecule has 0 spiro atoms. The summed E-state index contributed by atoms with van der Waals surface area (Å²) < 4.78 is 9.90. The number of esters is 1. The van der Waals surface area contributed by atoms with Crippen molar-refractivity contribution in [3.63, 3.8) is 0 Å². The number of hydrazine groups is 1. The van der Waals surface area contributed by atoms with Crippen LogP contribution < -0.4 is 15.6 Å². The first kappa shape index (κ1) is 18.5. The Morgan fingerprint density at radius 3 is 2.61 bits per heavy atom. The SMILES string of the molecule is CCOC(=O)C=CC(=O)NNC(=O)COc1ccc(Cl)cc1C. The molecule has 0 atom stereocenters. The second kappa shape index (κ2) is 9.47. The molecular formula is C15H17ClN2O5. The molecule has 8 heteroatoms. The van der Waals surface area contributed by atoms with E-state index in [0.29, 0.717) is 10.8 Å². The van der Waals surface area contributed by atoms with Crippen LogP contribution >= 0.6 is 11.6 Å². The number of benzene rings is 1. The third kappa shape index (κ3) is 7.32. The van der Waals surface area contributed by atoms with Gasteiger partial charge in [0.25, 0.3) is 11.8 Å². The van der Waals surface area contributed by atoms with Crippen LogP contribution in [0.25, 0.3) is 0 Å². The standard InChI is InChI=1S/C15H17ClN2O5/c1-3-22-15(21)7-6-13(19)17-18-14(20)9-23-12-5-4-11(16)8-10(12)2/h4-8H,3,9H2,1-2H3,(H,17,19)(H,18,20). The van der Waals surface area contributed by atoms with Crippen molar-refractivity contribution in [2.75, 3.05) is 13.2 Å². The van der Waals surface area contributed by atoms with E-state index in [4.69, 9.17) is 16.3 Å². The fraction of sp³-hybridized carbons (Fsp3) is 0.267. The maximum absolute atomic E-state index is 11.5. The van der Waals surface area contributed by atoms with Crippen molar-refractivity contribution >= 4 is 29.4 Å². The number of aryl methyl sites for hydroxylation is 1. The molecule has 0 unspecified atom stereocenters. The van der Waals surface area contributed by atoms with Crippen LogP contribution in [0.4, 0.5) is 0 Å². The molecule has 1 rings (SSSR count). The van der Waals surface area contributed by atoms with E-state index >= 15 is 0 Å². The molecule has 124 valence electrons. The lowest BCUT2D eigenvalue weighted by Crippen LogP contribution is -2.43. The number of ether oxygens (including phenoxy) is 2. The lowest BCUT2D eigenvalue weighted by Gasteiger charge is -2.09. The summed E-state index contributed by atoms with van der Waals surface area (Å²) in [5.74, 6) is -1.36. The van der Waals surface area contributed by atoms with Gasteiger partial charge >= 0.3 is 5.97 Å². The van der Waals surface area contributed by atoms with Crippen molar-refractivity contribution in [1.82, 2.24) is 10.9 Å². The minimum Gasteiger partial charge on any atom is -0.483 e. The molecule has 2 N–H and O–H groups in total. The van der Waals surface area contributed by atoms with Crippen LogP contribution in [0, 0.1) is 6.92 Å². The highest BCUT2D eigenvalue weighted by Crippen LogP contribution is 2.21. The van der Waals surface area contributed by atoms with Gasteiger partial charge < -0.3 is 9.47 Å². The first-order valence-corrected chi connectivity index (χ1v) is 7.12. The minimum atomic E-state index is -0.672. The Kier molecular flexibility index (Phi) is 7.62. The first-order valence-electron chi connectivity index (χ1n) is 6.75. The Balaban J connectivity index is 2.34. The van der Waals surface area contributed by atoms with Gasteiger partial charge in [0.2, 0.25) is 0 Å². The van der Waals surface area contributed by atoms with Crippen LogP contribution in [0.3, 0.4) is 0 Å². The lowest BCUT2D eigenvalue weighted by atomic mass is 10.2. The smallest absolute Gasteiger partial charge is 0.330 e. The quantitative estimate of drug-likeness (QED) is 0.462. The fourth-order valence-corrected chi connectivity index (χ4v) is 1.69. The van der Waals surface area contributed by atoms with Crippen LogP contribution in [-0.2, 0) is 19.1 Å². The molecule has 23 heavy (non-hydrogen) atoms. The number of rotatable bonds is 6. The van der Waals surface area contributed by atoms with Crippen LogP contribution in [0.2, 0.25) is 5.02 Å². The van der Waals surface area contributed by atoms with E-state index in [0.717, 1.165) is 17.7 Å². The molecule has 0 aliphatic heterocycles. The Bertz CT molecular complexity index is 616. The average Bonchev–Trinajstić information content (AvgIpc) is 2.50. The highest BCUT2D eigenvalue weighted by Gasteiger charge is 2.06. The molecule has 0 aliphatic rings. The molecule has 1 aromatic rings. The monoisotopic (exact) mass is 340 g/mol. The Morgan fingerprint density at radius 1 is 1.22 bits per heavy atom. The fourth-order valence-electron chi connectivity index (χ4n) is 1.46. The van der Waals surface area contributed by atoms with Crippen molar-refractivity contribution in [1.29, 1.82) is 0 Å². The van der Waals surface area contributed by atoms with Gasteiger partial charge in [-0.1, -0.05) is 11.6 Å². The summed E-state index contributed by atoms with van der Waals surface area (Å²) in [5.41, 5.74) is 5.04. The van der Waals surface area contributed by atoms with E-state index < -0.39 is 17.8 Å². The number of hydrogen-bond acceptors (Lipinski definition) is 5. The van der Waals surface area contributed by atoms with Gasteiger partial charge in [0.1, 0.15) is 5.75 Å². The molecular weight excluding hydrogens is 324 g/mol. The summed E-state index contributed by atoms with van der Waals surface area (Å²) in [6.45, 7) is 3.36. The van der Waals surface area contributed by atoms with Crippen molar-refractivity contribution in [2.45, 2.75) is 13.8 Å². The second-order valence-electron chi connectivity index (χ2n) is 4.32. The van der Waals surface area contributed by atoms with Gasteiger partial charge in [-0.05, 0) is 37.6 Å². The highest BCUT2D eigenvalue weighted by molar-refractivity contribution is 6.30. The zero-order valence-electron chi connectivity index (χ0n) is 12.7. The normalized spacial score (nSPS) is 10.2. The van der Waals surface area contributed by atoms with Gasteiger partial charge in [0.05, 0.1) is 6.61 Å². The van der Waals surface area contributed by atoms with Gasteiger partial charge in [0.15, 0.2) is 6.61 Å². The van der Waals surface area contributed by atoms with Gasteiger partial charge in [0, 0.05) is 17.2 Å². The molecule has 0 aliphatic carbocycles. The predicted molar refractivity (Wildman–Crippen MR) is 83.7 cm³/mol. The lowest BCUT2D eigenvalue weighted by molar-refractivity contribution is -0.137. The molecule has 0 bridgehead atoms. The third-order valence-electron chi connectivity index (χ3n) is 2.48. The zero-order chi connectivity index (χ0) is 17.2. The average molecular weight is 341 g/mol. The number of hydrogen-bond donors (Lipinski definition) is 2. The molecule has 0 heterocycles. The predicted octanol–water partition coefficient (Wildman–Crippen LogP) is 1.29. The van der Waals surface area contributed by atoms with E-state index in [1.807, 2.05) is 0 Å². The Labute approximate surface area is 138 Å². The van der Waals surface area contributed by atoms with Crippen LogP contribution in [0.1, 0.15) is 12.5 Å². The Hall–Kier alpha value is -2.54. The molecule has 2 amide bonds. The van der Waals surface area contributed by atoms with Crippen molar-refractivity contribution in [3.05, 3.63) is 40.9 Å². The molecule has 0 fully saturated rings. The molecule has 0 saturated carbocycles. The van der Waals surface area contributed by atoms with Crippen molar-refractivity contribution in [3.8, 4) is 5.75 Å². The van der Waals surface area contributed by atoms with E-state index in [9.17, 15) is 14.4 Å². The summed E-state index contributed by atoms with van der Waals surface area (Å²) in [6.07, 6.45) is 1.90. The summed E-state index contributed by atoms with van der Waals surface area (Å²) in [7, 11) is 0. The molecule has 0 saturated heterocycles. The first-order chi connectivity index (χ1) is 10.9. The maximum Gasteiger partial charge on any atom is 0.330 e. The third-order valence-corrected chi connectivity index (χ3v) is 2.71. The number of halogens is 1. The van der Waals surface area contributed by atoms with Gasteiger partial charge in [-0.25, -0.2) is 4.79 Å². The van der Waals surface area contributed by atoms with Crippen LogP contribution in [0.5, 0.6) is 5.75 Å². The van der Waals surface area contributed by atoms with Crippen molar-refractivity contribution < 1.29 is 23.9 Å². The number of nitrogens with one attached hydrogen (secondary N) is 2.